The molecule has 2 heterocycles. The molecule has 0 radical (unpaired) electrons. The summed E-state index contributed by atoms with van der Waals surface area (Å²) in [4.78, 5) is 94.8. The molecule has 1 aromatic carbocycles. The van der Waals surface area contributed by atoms with Crippen molar-refractivity contribution in [1.29, 1.82) is 0 Å². The van der Waals surface area contributed by atoms with Crippen LogP contribution in [0.1, 0.15) is 80.8 Å². The predicted molar refractivity (Wildman–Crippen MR) is 195 cm³/mol. The molecular formula is C38H47F3N6O9. The van der Waals surface area contributed by atoms with Gasteiger partial charge in [-0.05, 0) is 99.1 Å². The van der Waals surface area contributed by atoms with Gasteiger partial charge in [-0.15, -0.1) is 0 Å². The first-order valence-electron chi connectivity index (χ1n) is 18.4. The zero-order valence-electron chi connectivity index (χ0n) is 31.3. The highest BCUT2D eigenvalue weighted by Crippen LogP contribution is 2.53. The van der Waals surface area contributed by atoms with E-state index in [4.69, 9.17) is 0 Å². The molecule has 6 atom stereocenters. The lowest BCUT2D eigenvalue weighted by Crippen LogP contribution is -2.67. The van der Waals surface area contributed by atoms with Crippen molar-refractivity contribution in [2.45, 2.75) is 96.6 Å². The number of carbonyl (C=O) groups is 7. The number of anilines is 1. The summed E-state index contributed by atoms with van der Waals surface area (Å²) in [5.74, 6) is -6.86. The predicted octanol–water partition coefficient (Wildman–Crippen LogP) is 2.45. The van der Waals surface area contributed by atoms with Crippen molar-refractivity contribution in [2.75, 3.05) is 11.9 Å². The minimum Gasteiger partial charge on any atom is -0.479 e. The summed E-state index contributed by atoms with van der Waals surface area (Å²) in [5, 5.41) is 22.8. The molecule has 15 nitrogen and oxygen atoms in total. The van der Waals surface area contributed by atoms with Gasteiger partial charge in [0.15, 0.2) is 0 Å². The third kappa shape index (κ3) is 10.4. The van der Waals surface area contributed by atoms with Crippen LogP contribution in [-0.2, 0) is 48.3 Å². The Balaban J connectivity index is 0.000000255. The molecule has 1 aliphatic heterocycles. The number of carbonyl (C=O) groups excluding carboxylic acids is 6. The lowest BCUT2D eigenvalue weighted by atomic mass is 9.56. The fraction of sp³-hybridized carbons (Fsp3) is 0.526. The third-order valence-corrected chi connectivity index (χ3v) is 10.7. The molecule has 2 fully saturated rings. The number of halogens is 3. The average Bonchev–Trinajstić information content (AvgIpc) is 3.13. The number of rotatable bonds is 13. The number of aliphatic carboxylic acids is 1. The number of pyridine rings is 1. The van der Waals surface area contributed by atoms with Crippen molar-refractivity contribution >= 4 is 47.5 Å². The molecule has 18 heteroatoms. The fourth-order valence-corrected chi connectivity index (χ4v) is 7.91. The monoisotopic (exact) mass is 788 g/mol. The minimum absolute atomic E-state index is 0.0279. The van der Waals surface area contributed by atoms with E-state index >= 15 is 0 Å². The summed E-state index contributed by atoms with van der Waals surface area (Å²) in [6, 6.07) is 7.81. The first kappa shape index (κ1) is 43.2. The number of carboxylic acid groups (broad SMARTS) is 1. The van der Waals surface area contributed by atoms with Gasteiger partial charge in [0.1, 0.15) is 17.8 Å². The number of fused-ring (bicyclic) bond motifs is 3. The van der Waals surface area contributed by atoms with Gasteiger partial charge in [0, 0.05) is 37.3 Å². The van der Waals surface area contributed by atoms with Crippen LogP contribution < -0.4 is 32.1 Å². The number of carboxylic acids is 1. The molecule has 56 heavy (non-hydrogen) atoms. The third-order valence-electron chi connectivity index (χ3n) is 10.7. The lowest BCUT2D eigenvalue weighted by Gasteiger charge is -2.52. The van der Waals surface area contributed by atoms with Crippen LogP contribution in [0.15, 0.2) is 41.3 Å². The number of ketones is 1. The maximum absolute atomic E-state index is 13.4. The molecule has 2 aliphatic carbocycles. The SMILES string of the molecule is CC1CC2CC(C(F)(F)F)CC(C2)C1(NC(=O)Cn1cccc(NC=O)c1=O)C(=O)O.CCNC(=O)C(=O)CCC(C)NC(=O)c1ccc2c(c1)CC(=O)NC2. The van der Waals surface area contributed by atoms with Crippen molar-refractivity contribution in [3.63, 3.8) is 0 Å². The van der Waals surface area contributed by atoms with E-state index in [1.807, 2.05) is 6.07 Å². The second kappa shape index (κ2) is 18.4. The van der Waals surface area contributed by atoms with Crippen LogP contribution in [0.2, 0.25) is 0 Å². The summed E-state index contributed by atoms with van der Waals surface area (Å²) in [6.07, 6.45) is -1.93. The van der Waals surface area contributed by atoms with E-state index in [1.54, 1.807) is 32.9 Å². The van der Waals surface area contributed by atoms with Gasteiger partial charge in [-0.2, -0.15) is 13.2 Å². The number of amides is 5. The number of Topliss-reactive ketones (excluding diaryl/α,β-unsaturated/α-hetero) is 1. The highest BCUT2D eigenvalue weighted by atomic mass is 19.4. The first-order chi connectivity index (χ1) is 26.4. The summed E-state index contributed by atoms with van der Waals surface area (Å²) >= 11 is 0. The van der Waals surface area contributed by atoms with Crippen molar-refractivity contribution in [3.8, 4) is 0 Å². The smallest absolute Gasteiger partial charge is 0.391 e. The largest absolute Gasteiger partial charge is 0.479 e. The number of likely N-dealkylation sites (N-methyl/N-ethyl adjacent to an activating group) is 1. The van der Waals surface area contributed by atoms with Gasteiger partial charge >= 0.3 is 12.1 Å². The molecule has 6 unspecified atom stereocenters. The molecule has 3 aliphatic rings. The van der Waals surface area contributed by atoms with Gasteiger partial charge in [0.05, 0.1) is 12.3 Å². The van der Waals surface area contributed by atoms with E-state index in [2.05, 4.69) is 26.6 Å². The van der Waals surface area contributed by atoms with Gasteiger partial charge in [-0.1, -0.05) is 13.0 Å². The van der Waals surface area contributed by atoms with Crippen LogP contribution >= 0.6 is 0 Å². The highest BCUT2D eigenvalue weighted by molar-refractivity contribution is 6.36. The number of nitrogens with one attached hydrogen (secondary N) is 5. The van der Waals surface area contributed by atoms with Crippen LogP contribution in [0.5, 0.6) is 0 Å². The maximum atomic E-state index is 13.4. The summed E-state index contributed by atoms with van der Waals surface area (Å²) in [6.45, 7) is 5.52. The van der Waals surface area contributed by atoms with E-state index in [9.17, 15) is 56.6 Å². The second-order valence-corrected chi connectivity index (χ2v) is 14.6. The Morgan fingerprint density at radius 3 is 2.46 bits per heavy atom. The summed E-state index contributed by atoms with van der Waals surface area (Å²) in [7, 11) is 0. The molecule has 5 rings (SSSR count). The summed E-state index contributed by atoms with van der Waals surface area (Å²) in [5.41, 5.74) is -0.226. The Kier molecular flexibility index (Phi) is 14.2. The van der Waals surface area contributed by atoms with Crippen molar-refractivity contribution in [1.82, 2.24) is 25.8 Å². The standard InChI is InChI=1S/C20H24F3N3O5.C18H23N3O4/c1-11-5-12-6-13(8-14(7-12)20(21,22)23)19(11,18(30)31)25-16(28)9-26-4-2-3-15(17(26)29)24-10-27;1-3-19-18(25)15(22)7-4-11(2)21-17(24)12-5-6-13-10-20-16(23)9-14(13)8-12/h2-4,10-14H,5-9H2,1H3,(H,24,27)(H,25,28)(H,30,31);5-6,8,11H,3-4,7,9-10H2,1-2H3,(H,19,25)(H,20,23)(H,21,24). The van der Waals surface area contributed by atoms with E-state index < -0.39 is 65.1 Å². The van der Waals surface area contributed by atoms with Crippen LogP contribution in [0.4, 0.5) is 18.9 Å². The number of aromatic nitrogens is 1. The van der Waals surface area contributed by atoms with Crippen LogP contribution in [0.3, 0.4) is 0 Å². The minimum atomic E-state index is -4.43. The van der Waals surface area contributed by atoms with E-state index in [-0.39, 0.29) is 61.6 Å². The zero-order valence-corrected chi connectivity index (χ0v) is 31.3. The van der Waals surface area contributed by atoms with Gasteiger partial charge in [-0.3, -0.25) is 33.6 Å². The molecule has 2 aromatic rings. The maximum Gasteiger partial charge on any atom is 0.391 e. The Morgan fingerprint density at radius 1 is 1.07 bits per heavy atom. The summed E-state index contributed by atoms with van der Waals surface area (Å²) < 4.78 is 41.2. The number of benzene rings is 1. The van der Waals surface area contributed by atoms with E-state index in [1.165, 1.54) is 18.3 Å². The Morgan fingerprint density at radius 2 is 1.80 bits per heavy atom. The first-order valence-corrected chi connectivity index (χ1v) is 18.4. The Labute approximate surface area is 320 Å². The topological polar surface area (TPSA) is 222 Å². The Hall–Kier alpha value is -5.55. The van der Waals surface area contributed by atoms with Gasteiger partial charge in [-0.25, -0.2) is 4.79 Å². The second-order valence-electron chi connectivity index (χ2n) is 14.6. The molecule has 304 valence electrons. The number of alkyl halides is 3. The van der Waals surface area contributed by atoms with Crippen molar-refractivity contribution < 1.29 is 51.8 Å². The zero-order chi connectivity index (χ0) is 41.4. The highest BCUT2D eigenvalue weighted by Gasteiger charge is 2.59. The van der Waals surface area contributed by atoms with E-state index in [0.29, 0.717) is 37.9 Å². The average molecular weight is 789 g/mol. The molecule has 6 N–H and O–H groups in total. The van der Waals surface area contributed by atoms with E-state index in [0.717, 1.165) is 15.7 Å². The molecule has 1 aromatic heterocycles. The molecular weight excluding hydrogens is 741 g/mol. The molecule has 0 saturated heterocycles. The molecule has 5 amide bonds. The molecule has 0 spiro atoms. The Bertz CT molecular complexity index is 1900. The van der Waals surface area contributed by atoms with Crippen molar-refractivity contribution in [2.24, 2.45) is 23.7 Å². The van der Waals surface area contributed by atoms with Gasteiger partial charge in [0.25, 0.3) is 17.4 Å². The molecule has 2 bridgehead atoms. The van der Waals surface area contributed by atoms with Crippen LogP contribution in [0, 0.1) is 23.7 Å². The normalized spacial score (nSPS) is 23.1. The van der Waals surface area contributed by atoms with Crippen molar-refractivity contribution in [3.05, 3.63) is 63.6 Å². The number of nitrogens with zero attached hydrogens (tertiary/aromatic N) is 1. The van der Waals surface area contributed by atoms with Gasteiger partial charge < -0.3 is 36.3 Å². The lowest BCUT2D eigenvalue weighted by molar-refractivity contribution is -0.203. The quantitative estimate of drug-likeness (QED) is 0.129. The number of hydrogen-bond acceptors (Lipinski definition) is 8. The fourth-order valence-electron chi connectivity index (χ4n) is 7.91. The van der Waals surface area contributed by atoms with Gasteiger partial charge in [0.2, 0.25) is 24.0 Å². The van der Waals surface area contributed by atoms with Crippen LogP contribution in [-0.4, -0.2) is 75.8 Å². The van der Waals surface area contributed by atoms with Crippen LogP contribution in [0.25, 0.3) is 0 Å². The molecule has 2 saturated carbocycles. The number of hydrogen-bond donors (Lipinski definition) is 6.